The third-order valence-corrected chi connectivity index (χ3v) is 4.87. The standard InChI is InChI=1S/C20H30N2O3/c1-14(2)18(22-19(23)15-9-5-4-6-10-15)20(24)21-13-16-11-7-8-12-17(16)25-3/h7-8,11-12,14-15,18H,4-6,9-10,13H2,1-3H3,(H,21,24)(H,22,23)/t18-/m1/s1. The average Bonchev–Trinajstić information content (AvgIpc) is 2.64. The molecule has 5 nitrogen and oxygen atoms in total. The number of hydrogen-bond acceptors (Lipinski definition) is 3. The molecule has 0 bridgehead atoms. The molecule has 1 aliphatic carbocycles. The first kappa shape index (κ1) is 19.3. The van der Waals surface area contributed by atoms with Crippen LogP contribution in [0.2, 0.25) is 0 Å². The number of benzene rings is 1. The fraction of sp³-hybridized carbons (Fsp3) is 0.600. The summed E-state index contributed by atoms with van der Waals surface area (Å²) in [5.74, 6) is 0.702. The maximum Gasteiger partial charge on any atom is 0.243 e. The van der Waals surface area contributed by atoms with Crippen LogP contribution in [0.15, 0.2) is 24.3 Å². The molecule has 0 heterocycles. The van der Waals surface area contributed by atoms with Gasteiger partial charge in [-0.1, -0.05) is 51.3 Å². The number of rotatable bonds is 7. The molecular weight excluding hydrogens is 316 g/mol. The van der Waals surface area contributed by atoms with E-state index in [2.05, 4.69) is 10.6 Å². The van der Waals surface area contributed by atoms with Crippen LogP contribution in [0.1, 0.15) is 51.5 Å². The van der Waals surface area contributed by atoms with Crippen LogP contribution in [-0.4, -0.2) is 25.0 Å². The van der Waals surface area contributed by atoms with Gasteiger partial charge < -0.3 is 15.4 Å². The first-order valence-electron chi connectivity index (χ1n) is 9.23. The van der Waals surface area contributed by atoms with E-state index in [4.69, 9.17) is 4.74 Å². The molecule has 2 rings (SSSR count). The summed E-state index contributed by atoms with van der Waals surface area (Å²) in [6.45, 7) is 4.29. The lowest BCUT2D eigenvalue weighted by Gasteiger charge is -2.26. The van der Waals surface area contributed by atoms with Crippen molar-refractivity contribution in [3.63, 3.8) is 0 Å². The van der Waals surface area contributed by atoms with E-state index < -0.39 is 6.04 Å². The Morgan fingerprint density at radius 1 is 1.16 bits per heavy atom. The van der Waals surface area contributed by atoms with Gasteiger partial charge in [0.25, 0.3) is 0 Å². The highest BCUT2D eigenvalue weighted by molar-refractivity contribution is 5.88. The molecule has 0 radical (unpaired) electrons. The van der Waals surface area contributed by atoms with Crippen LogP contribution < -0.4 is 15.4 Å². The zero-order valence-electron chi connectivity index (χ0n) is 15.5. The van der Waals surface area contributed by atoms with E-state index in [0.29, 0.717) is 6.54 Å². The number of carbonyl (C=O) groups is 2. The fourth-order valence-corrected chi connectivity index (χ4v) is 3.31. The van der Waals surface area contributed by atoms with E-state index in [9.17, 15) is 9.59 Å². The van der Waals surface area contributed by atoms with E-state index >= 15 is 0 Å². The summed E-state index contributed by atoms with van der Waals surface area (Å²) in [7, 11) is 1.61. The molecule has 138 valence electrons. The molecule has 5 heteroatoms. The topological polar surface area (TPSA) is 67.4 Å². The van der Waals surface area contributed by atoms with Gasteiger partial charge in [-0.05, 0) is 24.8 Å². The first-order valence-corrected chi connectivity index (χ1v) is 9.23. The van der Waals surface area contributed by atoms with Crippen LogP contribution in [0, 0.1) is 11.8 Å². The predicted molar refractivity (Wildman–Crippen MR) is 98.2 cm³/mol. The van der Waals surface area contributed by atoms with Gasteiger partial charge in [0.15, 0.2) is 0 Å². The summed E-state index contributed by atoms with van der Waals surface area (Å²) in [5, 5.41) is 5.90. The van der Waals surface area contributed by atoms with E-state index in [-0.39, 0.29) is 23.7 Å². The van der Waals surface area contributed by atoms with Crippen molar-refractivity contribution in [1.29, 1.82) is 0 Å². The molecule has 25 heavy (non-hydrogen) atoms. The van der Waals surface area contributed by atoms with Crippen molar-refractivity contribution in [2.45, 2.75) is 58.5 Å². The Morgan fingerprint density at radius 3 is 2.48 bits per heavy atom. The minimum absolute atomic E-state index is 0.0193. The molecular formula is C20H30N2O3. The highest BCUT2D eigenvalue weighted by Gasteiger charge is 2.28. The highest BCUT2D eigenvalue weighted by atomic mass is 16.5. The normalized spacial score (nSPS) is 16.3. The molecule has 0 aliphatic heterocycles. The first-order chi connectivity index (χ1) is 12.0. The largest absolute Gasteiger partial charge is 0.496 e. The molecule has 1 saturated carbocycles. The Hall–Kier alpha value is -2.04. The van der Waals surface area contributed by atoms with Gasteiger partial charge in [-0.15, -0.1) is 0 Å². The Kier molecular flexibility index (Phi) is 7.29. The molecule has 1 atom stereocenters. The van der Waals surface area contributed by atoms with Crippen molar-refractivity contribution in [2.75, 3.05) is 7.11 Å². The van der Waals surface area contributed by atoms with Crippen molar-refractivity contribution in [3.8, 4) is 5.75 Å². The second-order valence-corrected chi connectivity index (χ2v) is 7.09. The molecule has 0 unspecified atom stereocenters. The highest BCUT2D eigenvalue weighted by Crippen LogP contribution is 2.24. The average molecular weight is 346 g/mol. The second-order valence-electron chi connectivity index (χ2n) is 7.09. The summed E-state index contributed by atoms with van der Waals surface area (Å²) in [5.41, 5.74) is 0.916. The van der Waals surface area contributed by atoms with Gasteiger partial charge in [0.2, 0.25) is 11.8 Å². The number of amides is 2. The molecule has 1 aromatic carbocycles. The number of nitrogens with one attached hydrogen (secondary N) is 2. The number of ether oxygens (including phenoxy) is 1. The summed E-state index contributed by atoms with van der Waals surface area (Å²) >= 11 is 0. The van der Waals surface area contributed by atoms with Crippen molar-refractivity contribution in [1.82, 2.24) is 10.6 Å². The Balaban J connectivity index is 1.94. The van der Waals surface area contributed by atoms with E-state index in [1.807, 2.05) is 38.1 Å². The van der Waals surface area contributed by atoms with E-state index in [0.717, 1.165) is 37.0 Å². The predicted octanol–water partition coefficient (Wildman–Crippen LogP) is 3.03. The Bertz CT molecular complexity index is 580. The lowest BCUT2D eigenvalue weighted by Crippen LogP contribution is -2.51. The fourth-order valence-electron chi connectivity index (χ4n) is 3.31. The van der Waals surface area contributed by atoms with Gasteiger partial charge in [0, 0.05) is 18.0 Å². The monoisotopic (exact) mass is 346 g/mol. The van der Waals surface area contributed by atoms with Crippen LogP contribution >= 0.6 is 0 Å². The van der Waals surface area contributed by atoms with Crippen LogP contribution in [0.3, 0.4) is 0 Å². The van der Waals surface area contributed by atoms with Gasteiger partial charge >= 0.3 is 0 Å². The summed E-state index contributed by atoms with van der Waals surface area (Å²) < 4.78 is 5.31. The molecule has 0 spiro atoms. The third kappa shape index (κ3) is 5.48. The summed E-state index contributed by atoms with van der Waals surface area (Å²) in [6.07, 6.45) is 5.27. The van der Waals surface area contributed by atoms with Crippen molar-refractivity contribution in [2.24, 2.45) is 11.8 Å². The molecule has 1 fully saturated rings. The Labute approximate surface area is 150 Å². The number of para-hydroxylation sites is 1. The minimum atomic E-state index is -0.510. The quantitative estimate of drug-likeness (QED) is 0.797. The van der Waals surface area contributed by atoms with Gasteiger partial charge in [-0.3, -0.25) is 9.59 Å². The van der Waals surface area contributed by atoms with Crippen LogP contribution in [0.4, 0.5) is 0 Å². The molecule has 0 saturated heterocycles. The summed E-state index contributed by atoms with van der Waals surface area (Å²) in [4.78, 5) is 25.1. The van der Waals surface area contributed by atoms with Gasteiger partial charge in [0.05, 0.1) is 7.11 Å². The maximum absolute atomic E-state index is 12.6. The molecule has 2 amide bonds. The van der Waals surface area contributed by atoms with Gasteiger partial charge in [-0.25, -0.2) is 0 Å². The molecule has 0 aromatic heterocycles. The van der Waals surface area contributed by atoms with Crippen molar-refractivity contribution in [3.05, 3.63) is 29.8 Å². The molecule has 2 N–H and O–H groups in total. The number of hydrogen-bond donors (Lipinski definition) is 2. The number of methoxy groups -OCH3 is 1. The lowest BCUT2D eigenvalue weighted by molar-refractivity contribution is -0.132. The SMILES string of the molecule is COc1ccccc1CNC(=O)[C@H](NC(=O)C1CCCCC1)C(C)C. The van der Waals surface area contributed by atoms with Crippen molar-refractivity contribution < 1.29 is 14.3 Å². The zero-order valence-corrected chi connectivity index (χ0v) is 15.5. The zero-order chi connectivity index (χ0) is 18.2. The third-order valence-electron chi connectivity index (χ3n) is 4.87. The smallest absolute Gasteiger partial charge is 0.243 e. The number of carbonyl (C=O) groups excluding carboxylic acids is 2. The summed E-state index contributed by atoms with van der Waals surface area (Å²) in [6, 6.07) is 7.08. The lowest BCUT2D eigenvalue weighted by atomic mass is 9.88. The second kappa shape index (κ2) is 9.44. The van der Waals surface area contributed by atoms with Crippen LogP contribution in [0.5, 0.6) is 5.75 Å². The molecule has 1 aliphatic rings. The van der Waals surface area contributed by atoms with E-state index in [1.165, 1.54) is 6.42 Å². The maximum atomic E-state index is 12.6. The minimum Gasteiger partial charge on any atom is -0.496 e. The van der Waals surface area contributed by atoms with Gasteiger partial charge in [0.1, 0.15) is 11.8 Å². The Morgan fingerprint density at radius 2 is 1.84 bits per heavy atom. The molecule has 1 aromatic rings. The van der Waals surface area contributed by atoms with Crippen molar-refractivity contribution >= 4 is 11.8 Å². The van der Waals surface area contributed by atoms with Gasteiger partial charge in [-0.2, -0.15) is 0 Å². The van der Waals surface area contributed by atoms with E-state index in [1.54, 1.807) is 7.11 Å². The van der Waals surface area contributed by atoms with Crippen LogP contribution in [-0.2, 0) is 16.1 Å². The van der Waals surface area contributed by atoms with Crippen LogP contribution in [0.25, 0.3) is 0 Å².